The number of amides is 2. The lowest BCUT2D eigenvalue weighted by atomic mass is 10.0. The van der Waals surface area contributed by atoms with Crippen molar-refractivity contribution < 1.29 is 27.5 Å². The number of anilines is 1. The molecule has 2 atom stereocenters. The number of fused-ring (bicyclic) bond motifs is 1. The number of hydrogen-bond acceptors (Lipinski definition) is 6. The number of halogens is 2. The minimum atomic E-state index is -3.69. The predicted molar refractivity (Wildman–Crippen MR) is 173 cm³/mol. The highest BCUT2D eigenvalue weighted by atomic mass is 35.5. The topological polar surface area (TPSA) is 105 Å². The van der Waals surface area contributed by atoms with Crippen molar-refractivity contribution in [3.63, 3.8) is 0 Å². The van der Waals surface area contributed by atoms with E-state index in [9.17, 15) is 18.0 Å². The van der Waals surface area contributed by atoms with Crippen LogP contribution in [-0.4, -0.2) is 56.8 Å². The summed E-state index contributed by atoms with van der Waals surface area (Å²) < 4.78 is 37.5. The van der Waals surface area contributed by atoms with Crippen LogP contribution in [0.1, 0.15) is 44.2 Å². The molecule has 1 heterocycles. The summed E-state index contributed by atoms with van der Waals surface area (Å²) in [6, 6.07) is 18.5. The second kappa shape index (κ2) is 15.0. The SMILES string of the molecule is CCC(C)NC(=O)C(Cc1ccccc1)N(Cc1c(Cl)cccc1Cl)C(=O)CCCN(c1ccc2c(c1)OCO2)S(C)(=O)=O. The molecule has 236 valence electrons. The van der Waals surface area contributed by atoms with E-state index in [1.807, 2.05) is 44.2 Å². The molecular weight excluding hydrogens is 625 g/mol. The standard InChI is InChI=1S/C32H37Cl2N3O6S/c1-4-22(2)35-32(39)28(18-23-10-6-5-7-11-23)36(20-25-26(33)12-8-13-27(25)34)31(38)14-9-17-37(44(3,40)41)24-15-16-29-30(19-24)43-21-42-29/h5-8,10-13,15-16,19,22,28H,4,9,14,17-18,20-21H2,1-3H3,(H,35,39). The Hall–Kier alpha value is -3.47. The van der Waals surface area contributed by atoms with Crippen LogP contribution in [0.25, 0.3) is 0 Å². The Morgan fingerprint density at radius 3 is 2.32 bits per heavy atom. The zero-order valence-electron chi connectivity index (χ0n) is 25.0. The molecule has 44 heavy (non-hydrogen) atoms. The molecule has 0 bridgehead atoms. The monoisotopic (exact) mass is 661 g/mol. The summed E-state index contributed by atoms with van der Waals surface area (Å²) in [5, 5.41) is 3.78. The van der Waals surface area contributed by atoms with Crippen LogP contribution in [0.15, 0.2) is 66.7 Å². The van der Waals surface area contributed by atoms with Crippen molar-refractivity contribution in [3.05, 3.63) is 87.9 Å². The minimum Gasteiger partial charge on any atom is -0.454 e. The van der Waals surface area contributed by atoms with Crippen molar-refractivity contribution in [3.8, 4) is 11.5 Å². The van der Waals surface area contributed by atoms with Gasteiger partial charge in [-0.15, -0.1) is 0 Å². The van der Waals surface area contributed by atoms with Gasteiger partial charge in [0, 0.05) is 53.6 Å². The van der Waals surface area contributed by atoms with Crippen LogP contribution in [0.2, 0.25) is 10.0 Å². The van der Waals surface area contributed by atoms with Crippen LogP contribution >= 0.6 is 23.2 Å². The van der Waals surface area contributed by atoms with Crippen LogP contribution < -0.4 is 19.1 Å². The number of carbonyl (C=O) groups excluding carboxylic acids is 2. The summed E-state index contributed by atoms with van der Waals surface area (Å²) in [5.74, 6) is 0.357. The van der Waals surface area contributed by atoms with Gasteiger partial charge in [-0.25, -0.2) is 8.42 Å². The zero-order valence-corrected chi connectivity index (χ0v) is 27.3. The van der Waals surface area contributed by atoms with Gasteiger partial charge < -0.3 is 19.7 Å². The van der Waals surface area contributed by atoms with E-state index in [-0.39, 0.29) is 57.0 Å². The first-order chi connectivity index (χ1) is 21.0. The van der Waals surface area contributed by atoms with E-state index in [0.717, 1.165) is 18.2 Å². The number of nitrogens with one attached hydrogen (secondary N) is 1. The van der Waals surface area contributed by atoms with Crippen molar-refractivity contribution in [2.24, 2.45) is 0 Å². The van der Waals surface area contributed by atoms with Crippen LogP contribution in [-0.2, 0) is 32.6 Å². The lowest BCUT2D eigenvalue weighted by molar-refractivity contribution is -0.141. The molecule has 0 radical (unpaired) electrons. The van der Waals surface area contributed by atoms with E-state index in [0.29, 0.717) is 32.8 Å². The van der Waals surface area contributed by atoms with Gasteiger partial charge in [-0.1, -0.05) is 66.5 Å². The maximum Gasteiger partial charge on any atom is 0.243 e. The van der Waals surface area contributed by atoms with E-state index in [2.05, 4.69) is 5.32 Å². The van der Waals surface area contributed by atoms with Crippen LogP contribution in [0.5, 0.6) is 11.5 Å². The normalized spacial score (nSPS) is 13.7. The highest BCUT2D eigenvalue weighted by molar-refractivity contribution is 7.92. The average Bonchev–Trinajstić information content (AvgIpc) is 3.46. The van der Waals surface area contributed by atoms with Crippen molar-refractivity contribution in [1.29, 1.82) is 0 Å². The van der Waals surface area contributed by atoms with Gasteiger partial charge in [0.05, 0.1) is 11.9 Å². The number of benzene rings is 3. The van der Waals surface area contributed by atoms with Crippen LogP contribution in [0, 0.1) is 0 Å². The quantitative estimate of drug-likeness (QED) is 0.233. The summed E-state index contributed by atoms with van der Waals surface area (Å²) in [7, 11) is -3.69. The third-order valence-electron chi connectivity index (χ3n) is 7.46. The first-order valence-electron chi connectivity index (χ1n) is 14.4. The molecule has 1 N–H and O–H groups in total. The van der Waals surface area contributed by atoms with Crippen molar-refractivity contribution in [2.45, 2.75) is 58.2 Å². The third kappa shape index (κ3) is 8.58. The third-order valence-corrected chi connectivity index (χ3v) is 9.36. The molecule has 0 saturated carbocycles. The van der Waals surface area contributed by atoms with Crippen molar-refractivity contribution in [1.82, 2.24) is 10.2 Å². The number of hydrogen-bond donors (Lipinski definition) is 1. The molecule has 0 saturated heterocycles. The van der Waals surface area contributed by atoms with Gasteiger partial charge in [-0.2, -0.15) is 0 Å². The number of rotatable bonds is 14. The largest absolute Gasteiger partial charge is 0.454 e. The maximum absolute atomic E-state index is 14.0. The zero-order chi connectivity index (χ0) is 31.9. The van der Waals surface area contributed by atoms with Gasteiger partial charge in [-0.3, -0.25) is 13.9 Å². The first-order valence-corrected chi connectivity index (χ1v) is 17.0. The van der Waals surface area contributed by atoms with Gasteiger partial charge in [0.15, 0.2) is 11.5 Å². The fourth-order valence-electron chi connectivity index (χ4n) is 4.89. The van der Waals surface area contributed by atoms with E-state index in [1.165, 1.54) is 9.21 Å². The Labute approximate surface area is 269 Å². The van der Waals surface area contributed by atoms with Gasteiger partial charge in [-0.05, 0) is 49.6 Å². The molecule has 4 rings (SSSR count). The molecule has 2 unspecified atom stereocenters. The van der Waals surface area contributed by atoms with E-state index >= 15 is 0 Å². The van der Waals surface area contributed by atoms with Gasteiger partial charge in [0.2, 0.25) is 28.6 Å². The predicted octanol–water partition coefficient (Wildman–Crippen LogP) is 5.82. The number of ether oxygens (including phenoxy) is 2. The molecule has 0 aliphatic carbocycles. The molecule has 12 heteroatoms. The summed E-state index contributed by atoms with van der Waals surface area (Å²) >= 11 is 13.0. The Bertz CT molecular complexity index is 1550. The summed E-state index contributed by atoms with van der Waals surface area (Å²) in [6.07, 6.45) is 2.26. The molecule has 0 fully saturated rings. The lowest BCUT2D eigenvalue weighted by Gasteiger charge is -2.33. The minimum absolute atomic E-state index is 0.000712. The van der Waals surface area contributed by atoms with Crippen molar-refractivity contribution in [2.75, 3.05) is 23.9 Å². The molecule has 3 aromatic rings. The lowest BCUT2D eigenvalue weighted by Crippen LogP contribution is -2.52. The molecule has 1 aliphatic rings. The molecule has 3 aromatic carbocycles. The fraction of sp³-hybridized carbons (Fsp3) is 0.375. The number of sulfonamides is 1. The highest BCUT2D eigenvalue weighted by Crippen LogP contribution is 2.36. The number of nitrogens with zero attached hydrogens (tertiary/aromatic N) is 2. The van der Waals surface area contributed by atoms with E-state index < -0.39 is 16.1 Å². The Morgan fingerprint density at radius 2 is 1.66 bits per heavy atom. The Kier molecular flexibility index (Phi) is 11.4. The van der Waals surface area contributed by atoms with Gasteiger partial charge >= 0.3 is 0 Å². The molecular formula is C32H37Cl2N3O6S. The first kappa shape index (κ1) is 33.4. The maximum atomic E-state index is 14.0. The van der Waals surface area contributed by atoms with Gasteiger partial charge in [0.1, 0.15) is 6.04 Å². The van der Waals surface area contributed by atoms with E-state index in [4.69, 9.17) is 32.7 Å². The molecule has 1 aliphatic heterocycles. The van der Waals surface area contributed by atoms with Gasteiger partial charge in [0.25, 0.3) is 0 Å². The second-order valence-corrected chi connectivity index (χ2v) is 13.4. The number of carbonyl (C=O) groups is 2. The molecule has 0 aromatic heterocycles. The summed E-state index contributed by atoms with van der Waals surface area (Å²) in [6.45, 7) is 3.97. The fourth-order valence-corrected chi connectivity index (χ4v) is 6.37. The Balaban J connectivity index is 1.61. The molecule has 0 spiro atoms. The Morgan fingerprint density at radius 1 is 0.977 bits per heavy atom. The van der Waals surface area contributed by atoms with Crippen LogP contribution in [0.3, 0.4) is 0 Å². The summed E-state index contributed by atoms with van der Waals surface area (Å²) in [5.41, 5.74) is 1.81. The molecule has 9 nitrogen and oxygen atoms in total. The average molecular weight is 663 g/mol. The highest BCUT2D eigenvalue weighted by Gasteiger charge is 2.32. The second-order valence-electron chi connectivity index (χ2n) is 10.7. The molecule has 2 amide bonds. The van der Waals surface area contributed by atoms with Crippen LogP contribution in [0.4, 0.5) is 5.69 Å². The van der Waals surface area contributed by atoms with Crippen molar-refractivity contribution >= 4 is 50.7 Å². The summed E-state index contributed by atoms with van der Waals surface area (Å²) in [4.78, 5) is 29.3. The smallest absolute Gasteiger partial charge is 0.243 e. The van der Waals surface area contributed by atoms with E-state index in [1.54, 1.807) is 36.4 Å².